The molecule has 2 aromatic rings. The lowest BCUT2D eigenvalue weighted by molar-refractivity contribution is -0.142. The minimum atomic E-state index is -4.05. The quantitative estimate of drug-likeness (QED) is 0.805. The maximum Gasteiger partial charge on any atom is 0.324 e. The fourth-order valence-corrected chi connectivity index (χ4v) is 3.23. The van der Waals surface area contributed by atoms with E-state index in [1.807, 2.05) is 0 Å². The average molecular weight is 355 g/mol. The van der Waals surface area contributed by atoms with Gasteiger partial charge in [-0.3, -0.25) is 4.79 Å². The van der Waals surface area contributed by atoms with Gasteiger partial charge in [-0.1, -0.05) is 12.1 Å². The second kappa shape index (κ2) is 7.50. The minimum absolute atomic E-state index is 0.0205. The first-order valence-electron chi connectivity index (χ1n) is 6.92. The van der Waals surface area contributed by atoms with Gasteiger partial charge in [0, 0.05) is 0 Å². The standard InChI is InChI=1S/C16H15F2NO4S/c1-23-16(20)15(10-11-2-4-12(17)5-3-11)19-24(21,22)14-8-6-13(18)7-9-14/h2-9,15,19H,10H2,1H3. The molecule has 24 heavy (non-hydrogen) atoms. The molecule has 0 fully saturated rings. The number of carbonyl (C=O) groups excluding carboxylic acids is 1. The number of methoxy groups -OCH3 is 1. The minimum Gasteiger partial charge on any atom is -0.468 e. The molecule has 8 heteroatoms. The molecule has 2 rings (SSSR count). The zero-order chi connectivity index (χ0) is 17.7. The Morgan fingerprint density at radius 2 is 1.54 bits per heavy atom. The van der Waals surface area contributed by atoms with Gasteiger partial charge in [0.1, 0.15) is 17.7 Å². The summed E-state index contributed by atoms with van der Waals surface area (Å²) in [6.07, 6.45) is -0.0205. The van der Waals surface area contributed by atoms with Gasteiger partial charge in [0.05, 0.1) is 12.0 Å². The third-order valence-electron chi connectivity index (χ3n) is 3.26. The van der Waals surface area contributed by atoms with Crippen LogP contribution in [0.15, 0.2) is 53.4 Å². The number of halogens is 2. The first kappa shape index (κ1) is 18.0. The Hall–Kier alpha value is -2.32. The van der Waals surface area contributed by atoms with Crippen molar-refractivity contribution in [1.82, 2.24) is 4.72 Å². The predicted molar refractivity (Wildman–Crippen MR) is 82.6 cm³/mol. The van der Waals surface area contributed by atoms with Gasteiger partial charge >= 0.3 is 5.97 Å². The molecule has 0 bridgehead atoms. The Morgan fingerprint density at radius 1 is 1.04 bits per heavy atom. The number of benzene rings is 2. The molecule has 1 N–H and O–H groups in total. The monoisotopic (exact) mass is 355 g/mol. The summed E-state index contributed by atoms with van der Waals surface area (Å²) in [5.74, 6) is -1.81. The number of ether oxygens (including phenoxy) is 1. The number of esters is 1. The van der Waals surface area contributed by atoms with Crippen LogP contribution in [0.4, 0.5) is 8.78 Å². The van der Waals surface area contributed by atoms with E-state index in [0.717, 1.165) is 31.4 Å². The van der Waals surface area contributed by atoms with Gasteiger partial charge in [-0.05, 0) is 48.4 Å². The van der Waals surface area contributed by atoms with Crippen LogP contribution >= 0.6 is 0 Å². The molecule has 2 aromatic carbocycles. The number of sulfonamides is 1. The van der Waals surface area contributed by atoms with Crippen molar-refractivity contribution in [2.24, 2.45) is 0 Å². The molecule has 0 aliphatic carbocycles. The van der Waals surface area contributed by atoms with Gasteiger partial charge in [0.15, 0.2) is 0 Å². The van der Waals surface area contributed by atoms with Crippen LogP contribution in [0.25, 0.3) is 0 Å². The molecule has 0 aliphatic rings. The van der Waals surface area contributed by atoms with Crippen molar-refractivity contribution in [2.45, 2.75) is 17.4 Å². The maximum absolute atomic E-state index is 12.9. The van der Waals surface area contributed by atoms with Gasteiger partial charge in [-0.25, -0.2) is 17.2 Å². The predicted octanol–water partition coefficient (Wildman–Crippen LogP) is 2.03. The molecule has 0 spiro atoms. The largest absolute Gasteiger partial charge is 0.468 e. The summed E-state index contributed by atoms with van der Waals surface area (Å²) in [4.78, 5) is 11.7. The van der Waals surface area contributed by atoms with Crippen LogP contribution in [0.3, 0.4) is 0 Å². The molecule has 1 atom stereocenters. The lowest BCUT2D eigenvalue weighted by atomic mass is 10.1. The van der Waals surface area contributed by atoms with E-state index in [1.165, 1.54) is 24.3 Å². The van der Waals surface area contributed by atoms with Crippen molar-refractivity contribution in [2.75, 3.05) is 7.11 Å². The van der Waals surface area contributed by atoms with Crippen molar-refractivity contribution < 1.29 is 26.7 Å². The Morgan fingerprint density at radius 3 is 2.04 bits per heavy atom. The average Bonchev–Trinajstić information content (AvgIpc) is 2.55. The lowest BCUT2D eigenvalue weighted by Gasteiger charge is -2.17. The van der Waals surface area contributed by atoms with Gasteiger partial charge < -0.3 is 4.74 Å². The first-order chi connectivity index (χ1) is 11.3. The van der Waals surface area contributed by atoms with Crippen molar-refractivity contribution in [3.05, 3.63) is 65.7 Å². The Kier molecular flexibility index (Phi) is 5.63. The highest BCUT2D eigenvalue weighted by Gasteiger charge is 2.26. The highest BCUT2D eigenvalue weighted by atomic mass is 32.2. The van der Waals surface area contributed by atoms with Crippen LogP contribution < -0.4 is 4.72 Å². The Bertz CT molecular complexity index is 805. The molecule has 5 nitrogen and oxygen atoms in total. The van der Waals surface area contributed by atoms with E-state index in [0.29, 0.717) is 5.56 Å². The molecule has 0 radical (unpaired) electrons. The van der Waals surface area contributed by atoms with Crippen LogP contribution in [0.5, 0.6) is 0 Å². The summed E-state index contributed by atoms with van der Waals surface area (Å²) >= 11 is 0. The van der Waals surface area contributed by atoms with E-state index in [2.05, 4.69) is 9.46 Å². The van der Waals surface area contributed by atoms with Crippen molar-refractivity contribution >= 4 is 16.0 Å². The van der Waals surface area contributed by atoms with Crippen molar-refractivity contribution in [1.29, 1.82) is 0 Å². The number of carbonyl (C=O) groups is 1. The van der Waals surface area contributed by atoms with E-state index < -0.39 is 33.7 Å². The fraction of sp³-hybridized carbons (Fsp3) is 0.188. The molecule has 0 heterocycles. The maximum atomic E-state index is 12.9. The zero-order valence-corrected chi connectivity index (χ0v) is 13.5. The number of hydrogen-bond acceptors (Lipinski definition) is 4. The topological polar surface area (TPSA) is 72.5 Å². The summed E-state index contributed by atoms with van der Waals surface area (Å²) in [7, 11) is -2.92. The SMILES string of the molecule is COC(=O)C(Cc1ccc(F)cc1)NS(=O)(=O)c1ccc(F)cc1. The van der Waals surface area contributed by atoms with E-state index >= 15 is 0 Å². The molecular weight excluding hydrogens is 340 g/mol. The summed E-state index contributed by atoms with van der Waals surface area (Å²) in [5, 5.41) is 0. The smallest absolute Gasteiger partial charge is 0.324 e. The van der Waals surface area contributed by atoms with E-state index in [4.69, 9.17) is 0 Å². The molecule has 128 valence electrons. The summed E-state index contributed by atoms with van der Waals surface area (Å²) in [6.45, 7) is 0. The molecule has 0 saturated carbocycles. The number of rotatable bonds is 6. The van der Waals surface area contributed by atoms with E-state index in [-0.39, 0.29) is 11.3 Å². The highest BCUT2D eigenvalue weighted by molar-refractivity contribution is 7.89. The molecular formula is C16H15F2NO4S. The van der Waals surface area contributed by atoms with Gasteiger partial charge in [-0.15, -0.1) is 0 Å². The van der Waals surface area contributed by atoms with Gasteiger partial charge in [-0.2, -0.15) is 4.72 Å². The third-order valence-corrected chi connectivity index (χ3v) is 4.75. The van der Waals surface area contributed by atoms with Crippen LogP contribution in [-0.2, 0) is 26.0 Å². The molecule has 0 saturated heterocycles. The zero-order valence-electron chi connectivity index (χ0n) is 12.7. The second-order valence-electron chi connectivity index (χ2n) is 4.98. The summed E-state index contributed by atoms with van der Waals surface area (Å²) in [5.41, 5.74) is 0.550. The Labute approximate surface area is 138 Å². The van der Waals surface area contributed by atoms with Crippen molar-refractivity contribution in [3.63, 3.8) is 0 Å². The van der Waals surface area contributed by atoms with Gasteiger partial charge in [0.25, 0.3) is 0 Å². The van der Waals surface area contributed by atoms with Crippen molar-refractivity contribution in [3.8, 4) is 0 Å². The van der Waals surface area contributed by atoms with Crippen LogP contribution in [0.1, 0.15) is 5.56 Å². The van der Waals surface area contributed by atoms with Gasteiger partial charge in [0.2, 0.25) is 10.0 Å². The Balaban J connectivity index is 2.23. The second-order valence-corrected chi connectivity index (χ2v) is 6.70. The molecule has 0 aliphatic heterocycles. The molecule has 0 aromatic heterocycles. The normalized spacial score (nSPS) is 12.6. The summed E-state index contributed by atoms with van der Waals surface area (Å²) in [6, 6.07) is 8.28. The highest BCUT2D eigenvalue weighted by Crippen LogP contribution is 2.13. The fourth-order valence-electron chi connectivity index (χ4n) is 2.04. The number of hydrogen-bond donors (Lipinski definition) is 1. The first-order valence-corrected chi connectivity index (χ1v) is 8.40. The molecule has 0 amide bonds. The molecule has 1 unspecified atom stereocenters. The summed E-state index contributed by atoms with van der Waals surface area (Å²) < 4.78 is 57.3. The number of nitrogens with one attached hydrogen (secondary N) is 1. The van der Waals surface area contributed by atoms with Crippen LogP contribution in [0.2, 0.25) is 0 Å². The third kappa shape index (κ3) is 4.59. The van der Waals surface area contributed by atoms with E-state index in [1.54, 1.807) is 0 Å². The van der Waals surface area contributed by atoms with Crippen LogP contribution in [0, 0.1) is 11.6 Å². The lowest BCUT2D eigenvalue weighted by Crippen LogP contribution is -2.42. The van der Waals surface area contributed by atoms with E-state index in [9.17, 15) is 22.0 Å². The van der Waals surface area contributed by atoms with Crippen LogP contribution in [-0.4, -0.2) is 27.5 Å².